The van der Waals surface area contributed by atoms with E-state index in [1.54, 1.807) is 17.3 Å². The van der Waals surface area contributed by atoms with Crippen LogP contribution in [0.2, 0.25) is 0 Å². The molecule has 1 atom stereocenters. The van der Waals surface area contributed by atoms with Crippen molar-refractivity contribution in [1.82, 2.24) is 15.2 Å². The summed E-state index contributed by atoms with van der Waals surface area (Å²) < 4.78 is 4.83. The summed E-state index contributed by atoms with van der Waals surface area (Å²) in [5, 5.41) is 3.10. The smallest absolute Gasteiger partial charge is 0.328 e. The molecule has 1 unspecified atom stereocenters. The van der Waals surface area contributed by atoms with Gasteiger partial charge in [-0.25, -0.2) is 4.79 Å². The average molecular weight is 387 g/mol. The highest BCUT2D eigenvalue weighted by Gasteiger charge is 2.38. The van der Waals surface area contributed by atoms with E-state index >= 15 is 0 Å². The van der Waals surface area contributed by atoms with Gasteiger partial charge >= 0.3 is 5.97 Å². The van der Waals surface area contributed by atoms with Crippen molar-refractivity contribution in [3.05, 3.63) is 30.1 Å². The van der Waals surface area contributed by atoms with Crippen LogP contribution in [0.25, 0.3) is 0 Å². The molecule has 0 aromatic carbocycles. The Morgan fingerprint density at radius 2 is 2.00 bits per heavy atom. The van der Waals surface area contributed by atoms with Crippen LogP contribution in [0.15, 0.2) is 24.5 Å². The molecule has 1 aliphatic carbocycles. The molecule has 1 saturated carbocycles. The molecule has 152 valence electrons. The number of nitrogens with zero attached hydrogens (tertiary/aromatic N) is 2. The third-order valence-corrected chi connectivity index (χ3v) is 5.81. The Bertz CT molecular complexity index is 686. The van der Waals surface area contributed by atoms with Crippen molar-refractivity contribution in [3.8, 4) is 0 Å². The molecule has 2 aliphatic rings. The SMILES string of the molecule is COC(=O)C1CCCN1C(=O)C1CCC(NC(=O)CCc2cccnc2)CC1. The van der Waals surface area contributed by atoms with E-state index in [2.05, 4.69) is 10.3 Å². The summed E-state index contributed by atoms with van der Waals surface area (Å²) in [6.45, 7) is 0.629. The Hall–Kier alpha value is -2.44. The summed E-state index contributed by atoms with van der Waals surface area (Å²) in [7, 11) is 1.37. The van der Waals surface area contributed by atoms with E-state index in [1.165, 1.54) is 7.11 Å². The van der Waals surface area contributed by atoms with Crippen molar-refractivity contribution in [2.75, 3.05) is 13.7 Å². The highest BCUT2D eigenvalue weighted by Crippen LogP contribution is 2.29. The number of pyridine rings is 1. The van der Waals surface area contributed by atoms with Gasteiger partial charge < -0.3 is 15.0 Å². The Kier molecular flexibility index (Phi) is 7.01. The zero-order valence-electron chi connectivity index (χ0n) is 16.4. The quantitative estimate of drug-likeness (QED) is 0.753. The molecular formula is C21H29N3O4. The van der Waals surface area contributed by atoms with Gasteiger partial charge in [0, 0.05) is 37.3 Å². The van der Waals surface area contributed by atoms with Crippen molar-refractivity contribution in [2.24, 2.45) is 5.92 Å². The fourth-order valence-electron chi connectivity index (χ4n) is 4.23. The van der Waals surface area contributed by atoms with Gasteiger partial charge in [-0.15, -0.1) is 0 Å². The van der Waals surface area contributed by atoms with Crippen molar-refractivity contribution < 1.29 is 19.1 Å². The summed E-state index contributed by atoms with van der Waals surface area (Å²) in [5.41, 5.74) is 1.05. The first-order valence-corrected chi connectivity index (χ1v) is 10.1. The lowest BCUT2D eigenvalue weighted by atomic mass is 9.85. The zero-order chi connectivity index (χ0) is 19.9. The summed E-state index contributed by atoms with van der Waals surface area (Å²) in [6.07, 6.45) is 9.24. The van der Waals surface area contributed by atoms with Gasteiger partial charge in [-0.2, -0.15) is 0 Å². The Balaban J connectivity index is 1.42. The van der Waals surface area contributed by atoms with E-state index < -0.39 is 6.04 Å². The standard InChI is InChI=1S/C21H29N3O4/c1-28-21(27)18-5-3-13-24(18)20(26)16-7-9-17(10-8-16)23-19(25)11-6-15-4-2-12-22-14-15/h2,4,12,14,16-18H,3,5-11,13H2,1H3,(H,23,25). The van der Waals surface area contributed by atoms with Gasteiger partial charge in [0.15, 0.2) is 0 Å². The molecule has 7 nitrogen and oxygen atoms in total. The maximum atomic E-state index is 12.8. The Morgan fingerprint density at radius 3 is 2.68 bits per heavy atom. The topological polar surface area (TPSA) is 88.6 Å². The summed E-state index contributed by atoms with van der Waals surface area (Å²) >= 11 is 0. The number of nitrogens with one attached hydrogen (secondary N) is 1. The molecule has 2 heterocycles. The lowest BCUT2D eigenvalue weighted by Crippen LogP contribution is -2.46. The first-order valence-electron chi connectivity index (χ1n) is 10.1. The van der Waals surface area contributed by atoms with E-state index in [0.717, 1.165) is 37.7 Å². The van der Waals surface area contributed by atoms with Crippen LogP contribution >= 0.6 is 0 Å². The zero-order valence-corrected chi connectivity index (χ0v) is 16.4. The fraction of sp³-hybridized carbons (Fsp3) is 0.619. The molecule has 1 aliphatic heterocycles. The first kappa shape index (κ1) is 20.3. The maximum absolute atomic E-state index is 12.8. The Morgan fingerprint density at radius 1 is 1.21 bits per heavy atom. The number of aromatic nitrogens is 1. The van der Waals surface area contributed by atoms with E-state index in [9.17, 15) is 14.4 Å². The van der Waals surface area contributed by atoms with E-state index in [-0.39, 0.29) is 29.7 Å². The van der Waals surface area contributed by atoms with Crippen molar-refractivity contribution in [3.63, 3.8) is 0 Å². The number of hydrogen-bond acceptors (Lipinski definition) is 5. The second-order valence-corrected chi connectivity index (χ2v) is 7.69. The number of ether oxygens (including phenoxy) is 1. The highest BCUT2D eigenvalue weighted by molar-refractivity contribution is 5.86. The monoisotopic (exact) mass is 387 g/mol. The number of esters is 1. The van der Waals surface area contributed by atoms with Crippen LogP contribution in [0.4, 0.5) is 0 Å². The van der Waals surface area contributed by atoms with Crippen LogP contribution in [0.5, 0.6) is 0 Å². The number of carbonyl (C=O) groups excluding carboxylic acids is 3. The van der Waals surface area contributed by atoms with Crippen LogP contribution in [0, 0.1) is 5.92 Å². The third-order valence-electron chi connectivity index (χ3n) is 5.81. The number of carbonyl (C=O) groups is 3. The minimum absolute atomic E-state index is 0.0453. The van der Waals surface area contributed by atoms with E-state index in [1.807, 2.05) is 12.1 Å². The third kappa shape index (κ3) is 5.09. The first-order chi connectivity index (χ1) is 13.6. The molecule has 2 amide bonds. The van der Waals surface area contributed by atoms with Crippen LogP contribution in [-0.2, 0) is 25.5 Å². The van der Waals surface area contributed by atoms with Gasteiger partial charge in [0.2, 0.25) is 11.8 Å². The van der Waals surface area contributed by atoms with Crippen LogP contribution < -0.4 is 5.32 Å². The predicted molar refractivity (Wildman–Crippen MR) is 103 cm³/mol. The van der Waals surface area contributed by atoms with Crippen LogP contribution in [-0.4, -0.2) is 53.4 Å². The molecule has 2 fully saturated rings. The summed E-state index contributed by atoms with van der Waals surface area (Å²) in [6, 6.07) is 3.54. The minimum atomic E-state index is -0.428. The molecular weight excluding hydrogens is 358 g/mol. The molecule has 1 aromatic rings. The molecule has 7 heteroatoms. The number of likely N-dealkylation sites (tertiary alicyclic amines) is 1. The molecule has 1 saturated heterocycles. The molecule has 0 spiro atoms. The molecule has 3 rings (SSSR count). The minimum Gasteiger partial charge on any atom is -0.467 e. The molecule has 28 heavy (non-hydrogen) atoms. The van der Waals surface area contributed by atoms with Gasteiger partial charge in [0.25, 0.3) is 0 Å². The van der Waals surface area contributed by atoms with Crippen LogP contribution in [0.1, 0.15) is 50.5 Å². The van der Waals surface area contributed by atoms with E-state index in [4.69, 9.17) is 4.74 Å². The highest BCUT2D eigenvalue weighted by atomic mass is 16.5. The number of aryl methyl sites for hydroxylation is 1. The fourth-order valence-corrected chi connectivity index (χ4v) is 4.23. The summed E-state index contributed by atoms with van der Waals surface area (Å²) in [4.78, 5) is 42.7. The molecule has 0 radical (unpaired) electrons. The predicted octanol–water partition coefficient (Wildman–Crippen LogP) is 1.85. The van der Waals surface area contributed by atoms with Gasteiger partial charge in [-0.1, -0.05) is 6.07 Å². The molecule has 0 bridgehead atoms. The normalized spacial score (nSPS) is 24.6. The lowest BCUT2D eigenvalue weighted by molar-refractivity contribution is -0.152. The second kappa shape index (κ2) is 9.66. The number of rotatable bonds is 6. The number of methoxy groups -OCH3 is 1. The van der Waals surface area contributed by atoms with Gasteiger partial charge in [0.1, 0.15) is 6.04 Å². The van der Waals surface area contributed by atoms with Gasteiger partial charge in [0.05, 0.1) is 7.11 Å². The number of amides is 2. The lowest BCUT2D eigenvalue weighted by Gasteiger charge is -2.32. The Labute approximate surface area is 165 Å². The van der Waals surface area contributed by atoms with Crippen molar-refractivity contribution >= 4 is 17.8 Å². The second-order valence-electron chi connectivity index (χ2n) is 7.69. The average Bonchev–Trinajstić information content (AvgIpc) is 3.22. The van der Waals surface area contributed by atoms with Crippen LogP contribution in [0.3, 0.4) is 0 Å². The largest absolute Gasteiger partial charge is 0.467 e. The maximum Gasteiger partial charge on any atom is 0.328 e. The van der Waals surface area contributed by atoms with Gasteiger partial charge in [-0.3, -0.25) is 14.6 Å². The molecule has 1 aromatic heterocycles. The number of hydrogen-bond donors (Lipinski definition) is 1. The van der Waals surface area contributed by atoms with Crippen molar-refractivity contribution in [1.29, 1.82) is 0 Å². The summed E-state index contributed by atoms with van der Waals surface area (Å²) in [5.74, 6) is -0.271. The molecule has 1 N–H and O–H groups in total. The van der Waals surface area contributed by atoms with Gasteiger partial charge in [-0.05, 0) is 56.6 Å². The van der Waals surface area contributed by atoms with Crippen molar-refractivity contribution in [2.45, 2.75) is 63.5 Å². The van der Waals surface area contributed by atoms with E-state index in [0.29, 0.717) is 25.8 Å².